The first-order valence-corrected chi connectivity index (χ1v) is 5.26. The molecule has 0 aliphatic heterocycles. The van der Waals surface area contributed by atoms with Gasteiger partial charge in [0.1, 0.15) is 6.73 Å². The average molecular weight is 239 g/mol. The Morgan fingerprint density at radius 2 is 2.24 bits per heavy atom. The van der Waals surface area contributed by atoms with Gasteiger partial charge in [-0.1, -0.05) is 0 Å². The quantitative estimate of drug-likeness (QED) is 0.576. The molecule has 0 bridgehead atoms. The number of anilines is 1. The fourth-order valence-corrected chi connectivity index (χ4v) is 1.05. The van der Waals surface area contributed by atoms with Crippen LogP contribution in [-0.4, -0.2) is 38.1 Å². The number of hydrogen-bond acceptors (Lipinski definition) is 4. The van der Waals surface area contributed by atoms with Gasteiger partial charge in [0.05, 0.1) is 25.1 Å². The lowest BCUT2D eigenvalue weighted by Gasteiger charge is -2.07. The first-order valence-electron chi connectivity index (χ1n) is 5.26. The summed E-state index contributed by atoms with van der Waals surface area (Å²) in [7, 11) is 1.59. The summed E-state index contributed by atoms with van der Waals surface area (Å²) in [5.74, 6) is 0. The summed E-state index contributed by atoms with van der Waals surface area (Å²) in [6.45, 7) is 2.98. The van der Waals surface area contributed by atoms with Gasteiger partial charge in [-0.25, -0.2) is 4.79 Å². The monoisotopic (exact) mass is 239 g/mol. The third kappa shape index (κ3) is 5.84. The first-order chi connectivity index (χ1) is 8.22. The van der Waals surface area contributed by atoms with Crippen molar-refractivity contribution in [3.63, 3.8) is 0 Å². The summed E-state index contributed by atoms with van der Waals surface area (Å²) in [4.78, 5) is 15.4. The largest absolute Gasteiger partial charge is 0.382 e. The lowest BCUT2D eigenvalue weighted by Crippen LogP contribution is -2.31. The molecule has 0 aliphatic carbocycles. The van der Waals surface area contributed by atoms with Gasteiger partial charge in [-0.2, -0.15) is 0 Å². The number of rotatable bonds is 6. The molecule has 0 aliphatic rings. The number of nitrogens with one attached hydrogen (secondary N) is 2. The third-order valence-corrected chi connectivity index (χ3v) is 1.94. The fourth-order valence-electron chi connectivity index (χ4n) is 1.05. The van der Waals surface area contributed by atoms with Crippen LogP contribution >= 0.6 is 0 Å². The molecule has 0 spiro atoms. The van der Waals surface area contributed by atoms with E-state index in [1.165, 1.54) is 0 Å². The van der Waals surface area contributed by atoms with Crippen LogP contribution in [0.3, 0.4) is 0 Å². The predicted molar refractivity (Wildman–Crippen MR) is 63.8 cm³/mol. The molecule has 0 fully saturated rings. The van der Waals surface area contributed by atoms with Crippen molar-refractivity contribution in [1.82, 2.24) is 10.3 Å². The van der Waals surface area contributed by atoms with Crippen molar-refractivity contribution in [2.45, 2.75) is 6.92 Å². The maximum absolute atomic E-state index is 11.4. The zero-order valence-corrected chi connectivity index (χ0v) is 10.0. The van der Waals surface area contributed by atoms with Crippen molar-refractivity contribution in [2.24, 2.45) is 0 Å². The molecule has 2 N–H and O–H groups in total. The number of nitrogens with zero attached hydrogens (tertiary/aromatic N) is 1. The number of aromatic nitrogens is 1. The lowest BCUT2D eigenvalue weighted by molar-refractivity contribution is 0.0650. The van der Waals surface area contributed by atoms with Gasteiger partial charge in [-0.3, -0.25) is 4.98 Å². The van der Waals surface area contributed by atoms with Gasteiger partial charge in [0.25, 0.3) is 0 Å². The van der Waals surface area contributed by atoms with E-state index in [2.05, 4.69) is 15.6 Å². The maximum atomic E-state index is 11.4. The number of hydrogen-bond donors (Lipinski definition) is 2. The Morgan fingerprint density at radius 1 is 1.41 bits per heavy atom. The summed E-state index contributed by atoms with van der Waals surface area (Å²) in [6.07, 6.45) is 1.60. The van der Waals surface area contributed by atoms with E-state index in [1.54, 1.807) is 19.4 Å². The second-order valence-corrected chi connectivity index (χ2v) is 3.36. The number of ether oxygens (including phenoxy) is 2. The van der Waals surface area contributed by atoms with Crippen LogP contribution in [-0.2, 0) is 9.47 Å². The SMILES string of the molecule is COCCOCNC(=O)Nc1ccc(C)nc1. The number of urea groups is 1. The normalized spacial score (nSPS) is 10.0. The van der Waals surface area contributed by atoms with Crippen LogP contribution in [0.5, 0.6) is 0 Å². The van der Waals surface area contributed by atoms with Crippen molar-refractivity contribution >= 4 is 11.7 Å². The highest BCUT2D eigenvalue weighted by Gasteiger charge is 2.00. The zero-order valence-electron chi connectivity index (χ0n) is 10.0. The van der Waals surface area contributed by atoms with E-state index in [-0.39, 0.29) is 12.8 Å². The number of amides is 2. The standard InChI is InChI=1S/C11H17N3O3/c1-9-3-4-10(7-12-9)14-11(15)13-8-17-6-5-16-2/h3-4,7H,5-6,8H2,1-2H3,(H2,13,14,15). The van der Waals surface area contributed by atoms with Crippen LogP contribution in [0, 0.1) is 6.92 Å². The molecule has 0 saturated heterocycles. The van der Waals surface area contributed by atoms with Crippen LogP contribution in [0.25, 0.3) is 0 Å². The molecular formula is C11H17N3O3. The van der Waals surface area contributed by atoms with Crippen molar-refractivity contribution in [1.29, 1.82) is 0 Å². The molecule has 0 radical (unpaired) electrons. The topological polar surface area (TPSA) is 72.5 Å². The highest BCUT2D eigenvalue weighted by Crippen LogP contribution is 2.04. The van der Waals surface area contributed by atoms with Crippen molar-refractivity contribution in [3.05, 3.63) is 24.0 Å². The molecule has 6 nitrogen and oxygen atoms in total. The van der Waals surface area contributed by atoms with Gasteiger partial charge in [0.2, 0.25) is 0 Å². The highest BCUT2D eigenvalue weighted by atomic mass is 16.5. The second-order valence-electron chi connectivity index (χ2n) is 3.36. The van der Waals surface area contributed by atoms with Gasteiger partial charge >= 0.3 is 6.03 Å². The van der Waals surface area contributed by atoms with Crippen LogP contribution in [0.2, 0.25) is 0 Å². The molecule has 0 atom stereocenters. The Labute approximate surface area is 100 Å². The Balaban J connectivity index is 2.18. The van der Waals surface area contributed by atoms with Crippen molar-refractivity contribution < 1.29 is 14.3 Å². The van der Waals surface area contributed by atoms with E-state index in [0.717, 1.165) is 5.69 Å². The maximum Gasteiger partial charge on any atom is 0.321 e. The third-order valence-electron chi connectivity index (χ3n) is 1.94. The number of methoxy groups -OCH3 is 1. The minimum Gasteiger partial charge on any atom is -0.382 e. The smallest absolute Gasteiger partial charge is 0.321 e. The average Bonchev–Trinajstić information content (AvgIpc) is 2.32. The molecular weight excluding hydrogens is 222 g/mol. The molecule has 6 heteroatoms. The van der Waals surface area contributed by atoms with E-state index in [1.807, 2.05) is 13.0 Å². The summed E-state index contributed by atoms with van der Waals surface area (Å²) in [6, 6.07) is 3.28. The summed E-state index contributed by atoms with van der Waals surface area (Å²) < 4.78 is 9.88. The minimum atomic E-state index is -0.326. The number of carbonyl (C=O) groups is 1. The van der Waals surface area contributed by atoms with E-state index in [0.29, 0.717) is 18.9 Å². The number of aryl methyl sites for hydroxylation is 1. The summed E-state index contributed by atoms with van der Waals surface area (Å²) in [5, 5.41) is 5.19. The molecule has 0 aromatic carbocycles. The van der Waals surface area contributed by atoms with Crippen LogP contribution < -0.4 is 10.6 Å². The van der Waals surface area contributed by atoms with E-state index >= 15 is 0 Å². The Bertz CT molecular complexity index is 340. The Morgan fingerprint density at radius 3 is 2.88 bits per heavy atom. The summed E-state index contributed by atoms with van der Waals surface area (Å²) in [5.41, 5.74) is 1.55. The first kappa shape index (κ1) is 13.4. The molecule has 1 aromatic heterocycles. The molecule has 0 unspecified atom stereocenters. The summed E-state index contributed by atoms with van der Waals surface area (Å²) >= 11 is 0. The predicted octanol–water partition coefficient (Wildman–Crippen LogP) is 1.13. The van der Waals surface area contributed by atoms with E-state index in [9.17, 15) is 4.79 Å². The fraction of sp³-hybridized carbons (Fsp3) is 0.455. The van der Waals surface area contributed by atoms with Crippen molar-refractivity contribution in [2.75, 3.05) is 32.4 Å². The van der Waals surface area contributed by atoms with Crippen molar-refractivity contribution in [3.8, 4) is 0 Å². The molecule has 1 aromatic rings. The van der Waals surface area contributed by atoms with Crippen LogP contribution in [0.15, 0.2) is 18.3 Å². The zero-order chi connectivity index (χ0) is 12.5. The molecule has 2 amide bonds. The number of carbonyl (C=O) groups excluding carboxylic acids is 1. The lowest BCUT2D eigenvalue weighted by atomic mass is 10.3. The van der Waals surface area contributed by atoms with Gasteiger partial charge in [-0.15, -0.1) is 0 Å². The molecule has 17 heavy (non-hydrogen) atoms. The number of pyridine rings is 1. The Kier molecular flexibility index (Phi) is 5.98. The van der Waals surface area contributed by atoms with Crippen LogP contribution in [0.1, 0.15) is 5.69 Å². The van der Waals surface area contributed by atoms with Gasteiger partial charge in [0.15, 0.2) is 0 Å². The molecule has 1 rings (SSSR count). The van der Waals surface area contributed by atoms with Gasteiger partial charge in [-0.05, 0) is 19.1 Å². The van der Waals surface area contributed by atoms with Gasteiger partial charge < -0.3 is 20.1 Å². The molecule has 1 heterocycles. The van der Waals surface area contributed by atoms with E-state index < -0.39 is 0 Å². The highest BCUT2D eigenvalue weighted by molar-refractivity contribution is 5.88. The van der Waals surface area contributed by atoms with Gasteiger partial charge in [0, 0.05) is 12.8 Å². The second kappa shape index (κ2) is 7.59. The molecule has 94 valence electrons. The van der Waals surface area contributed by atoms with Crippen LogP contribution in [0.4, 0.5) is 10.5 Å². The van der Waals surface area contributed by atoms with E-state index in [4.69, 9.17) is 9.47 Å². The minimum absolute atomic E-state index is 0.147. The Hall–Kier alpha value is -1.66. The molecule has 0 saturated carbocycles.